The lowest BCUT2D eigenvalue weighted by molar-refractivity contribution is -0.126. The predicted octanol–water partition coefficient (Wildman–Crippen LogP) is 3.68. The molecule has 0 N–H and O–H groups in total. The van der Waals surface area contributed by atoms with Crippen LogP contribution in [0.2, 0.25) is 0 Å². The minimum Gasteiger partial charge on any atom is -0.335 e. The molecule has 6 heteroatoms. The number of amides is 1. The van der Waals surface area contributed by atoms with Crippen LogP contribution in [0.3, 0.4) is 0 Å². The Hall–Kier alpha value is -2.60. The molecular weight excluding hydrogens is 372 g/mol. The molecule has 3 rings (SSSR count). The van der Waals surface area contributed by atoms with Crippen molar-refractivity contribution in [1.29, 1.82) is 0 Å². The van der Waals surface area contributed by atoms with Gasteiger partial charge in [0.15, 0.2) is 0 Å². The van der Waals surface area contributed by atoms with E-state index in [1.807, 2.05) is 47.4 Å². The van der Waals surface area contributed by atoms with Crippen LogP contribution < -0.4 is 4.31 Å². The zero-order chi connectivity index (χ0) is 20.0. The van der Waals surface area contributed by atoms with E-state index in [4.69, 9.17) is 0 Å². The fraction of sp³-hybridized carbons (Fsp3) is 0.318. The molecule has 0 spiro atoms. The summed E-state index contributed by atoms with van der Waals surface area (Å²) < 4.78 is 25.5. The van der Waals surface area contributed by atoms with E-state index in [1.165, 1.54) is 4.31 Å². The molecule has 5 nitrogen and oxygen atoms in total. The van der Waals surface area contributed by atoms with Gasteiger partial charge in [-0.3, -0.25) is 9.10 Å². The van der Waals surface area contributed by atoms with Crippen molar-refractivity contribution < 1.29 is 13.2 Å². The minimum absolute atomic E-state index is 0.0306. The van der Waals surface area contributed by atoms with Gasteiger partial charge in [-0.15, -0.1) is 0 Å². The van der Waals surface area contributed by atoms with Crippen LogP contribution in [0, 0.1) is 0 Å². The molecule has 0 radical (unpaired) electrons. The largest absolute Gasteiger partial charge is 0.335 e. The van der Waals surface area contributed by atoms with Gasteiger partial charge in [0.25, 0.3) is 0 Å². The van der Waals surface area contributed by atoms with Gasteiger partial charge in [0.1, 0.15) is 0 Å². The Morgan fingerprint density at radius 1 is 1.11 bits per heavy atom. The van der Waals surface area contributed by atoms with Gasteiger partial charge >= 0.3 is 0 Å². The molecule has 0 aromatic heterocycles. The van der Waals surface area contributed by atoms with Crippen molar-refractivity contribution in [2.45, 2.75) is 26.3 Å². The fourth-order valence-electron chi connectivity index (χ4n) is 3.30. The Balaban J connectivity index is 1.66. The second-order valence-corrected chi connectivity index (χ2v) is 8.92. The number of anilines is 1. The minimum atomic E-state index is -3.17. The van der Waals surface area contributed by atoms with Crippen LogP contribution in [-0.2, 0) is 21.4 Å². The summed E-state index contributed by atoms with van der Waals surface area (Å²) >= 11 is 0. The molecule has 1 fully saturated rings. The van der Waals surface area contributed by atoms with Gasteiger partial charge in [0.05, 0.1) is 11.4 Å². The Kier molecular flexibility index (Phi) is 6.52. The summed E-state index contributed by atoms with van der Waals surface area (Å²) in [5, 5.41) is 0. The van der Waals surface area contributed by atoms with Crippen molar-refractivity contribution in [2.75, 3.05) is 23.1 Å². The zero-order valence-corrected chi connectivity index (χ0v) is 16.9. The number of carbonyl (C=O) groups is 1. The molecule has 2 aromatic rings. The maximum Gasteiger partial charge on any atom is 0.246 e. The lowest BCUT2D eigenvalue weighted by Crippen LogP contribution is -2.29. The molecule has 148 valence electrons. The molecule has 2 aromatic carbocycles. The Bertz CT molecular complexity index is 922. The second-order valence-electron chi connectivity index (χ2n) is 6.91. The van der Waals surface area contributed by atoms with Gasteiger partial charge in [-0.2, -0.15) is 0 Å². The lowest BCUT2D eigenvalue weighted by atomic mass is 10.1. The number of rotatable bonds is 7. The number of hydrogen-bond acceptors (Lipinski definition) is 3. The smallest absolute Gasteiger partial charge is 0.246 e. The molecule has 0 atom stereocenters. The third-order valence-corrected chi connectivity index (χ3v) is 6.59. The molecule has 0 unspecified atom stereocenters. The number of nitrogens with zero attached hydrogens (tertiary/aromatic N) is 2. The van der Waals surface area contributed by atoms with Crippen LogP contribution in [-0.4, -0.2) is 38.1 Å². The number of benzene rings is 2. The summed E-state index contributed by atoms with van der Waals surface area (Å²) in [5.41, 5.74) is 2.65. The Labute approximate surface area is 167 Å². The molecule has 0 bridgehead atoms. The first-order chi connectivity index (χ1) is 13.5. The van der Waals surface area contributed by atoms with E-state index in [1.54, 1.807) is 24.3 Å². The fourth-order valence-corrected chi connectivity index (χ4v) is 4.86. The average molecular weight is 399 g/mol. The van der Waals surface area contributed by atoms with Crippen LogP contribution in [0.1, 0.15) is 30.9 Å². The van der Waals surface area contributed by atoms with Crippen LogP contribution in [0.25, 0.3) is 6.08 Å². The van der Waals surface area contributed by atoms with Crippen LogP contribution in [0.5, 0.6) is 0 Å². The van der Waals surface area contributed by atoms with Crippen molar-refractivity contribution in [2.24, 2.45) is 0 Å². The summed E-state index contributed by atoms with van der Waals surface area (Å²) in [7, 11) is -3.17. The van der Waals surface area contributed by atoms with Crippen molar-refractivity contribution in [3.63, 3.8) is 0 Å². The van der Waals surface area contributed by atoms with E-state index in [2.05, 4.69) is 6.92 Å². The van der Waals surface area contributed by atoms with Crippen LogP contribution in [0.4, 0.5) is 5.69 Å². The molecule has 0 aliphatic carbocycles. The van der Waals surface area contributed by atoms with Gasteiger partial charge < -0.3 is 4.90 Å². The van der Waals surface area contributed by atoms with Crippen molar-refractivity contribution in [3.8, 4) is 0 Å². The van der Waals surface area contributed by atoms with Crippen molar-refractivity contribution in [1.82, 2.24) is 4.90 Å². The first-order valence-electron chi connectivity index (χ1n) is 9.61. The molecule has 1 amide bonds. The predicted molar refractivity (Wildman–Crippen MR) is 113 cm³/mol. The van der Waals surface area contributed by atoms with E-state index >= 15 is 0 Å². The SMILES string of the molecule is CCCN(Cc1ccccc1)C(=O)/C=C/c1ccc(N2CCCS2(=O)=O)cc1. The van der Waals surface area contributed by atoms with Crippen molar-refractivity contribution in [3.05, 3.63) is 71.8 Å². The van der Waals surface area contributed by atoms with Crippen LogP contribution >= 0.6 is 0 Å². The number of hydrogen-bond donors (Lipinski definition) is 0. The third-order valence-electron chi connectivity index (χ3n) is 4.72. The van der Waals surface area contributed by atoms with Gasteiger partial charge in [-0.1, -0.05) is 49.4 Å². The molecule has 1 heterocycles. The molecular formula is C22H26N2O3S. The van der Waals surface area contributed by atoms with Crippen LogP contribution in [0.15, 0.2) is 60.7 Å². The van der Waals surface area contributed by atoms with E-state index in [-0.39, 0.29) is 11.7 Å². The highest BCUT2D eigenvalue weighted by atomic mass is 32.2. The van der Waals surface area contributed by atoms with E-state index < -0.39 is 10.0 Å². The zero-order valence-electron chi connectivity index (χ0n) is 16.1. The van der Waals surface area contributed by atoms with Gasteiger partial charge in [-0.05, 0) is 42.2 Å². The first-order valence-corrected chi connectivity index (χ1v) is 11.2. The summed E-state index contributed by atoms with van der Waals surface area (Å²) in [6, 6.07) is 17.2. The monoisotopic (exact) mass is 398 g/mol. The maximum absolute atomic E-state index is 12.6. The molecule has 1 aliphatic rings. The highest BCUT2D eigenvalue weighted by molar-refractivity contribution is 7.93. The second kappa shape index (κ2) is 9.06. The summed E-state index contributed by atoms with van der Waals surface area (Å²) in [6.07, 6.45) is 4.91. The molecule has 1 saturated heterocycles. The Morgan fingerprint density at radius 3 is 2.43 bits per heavy atom. The quantitative estimate of drug-likeness (QED) is 0.669. The number of sulfonamides is 1. The highest BCUT2D eigenvalue weighted by Crippen LogP contribution is 2.24. The molecule has 1 aliphatic heterocycles. The average Bonchev–Trinajstić information content (AvgIpc) is 3.06. The van der Waals surface area contributed by atoms with Gasteiger partial charge in [0, 0.05) is 25.7 Å². The van der Waals surface area contributed by atoms with Gasteiger partial charge in [0.2, 0.25) is 15.9 Å². The Morgan fingerprint density at radius 2 is 1.82 bits per heavy atom. The van der Waals surface area contributed by atoms with Crippen molar-refractivity contribution >= 4 is 27.7 Å². The summed E-state index contributed by atoms with van der Waals surface area (Å²) in [5.74, 6) is 0.176. The lowest BCUT2D eigenvalue weighted by Gasteiger charge is -2.20. The molecule has 28 heavy (non-hydrogen) atoms. The van der Waals surface area contributed by atoms with E-state index in [0.29, 0.717) is 31.7 Å². The summed E-state index contributed by atoms with van der Waals surface area (Å²) in [6.45, 7) is 3.87. The highest BCUT2D eigenvalue weighted by Gasteiger charge is 2.28. The third kappa shape index (κ3) is 5.01. The van der Waals surface area contributed by atoms with E-state index in [9.17, 15) is 13.2 Å². The maximum atomic E-state index is 12.6. The number of carbonyl (C=O) groups excluding carboxylic acids is 1. The normalized spacial score (nSPS) is 15.8. The van der Waals surface area contributed by atoms with Gasteiger partial charge in [-0.25, -0.2) is 8.42 Å². The topological polar surface area (TPSA) is 57.7 Å². The molecule has 0 saturated carbocycles. The summed E-state index contributed by atoms with van der Waals surface area (Å²) in [4.78, 5) is 14.5. The standard InChI is InChI=1S/C22H26N2O3S/c1-2-15-23(18-20-7-4-3-5-8-20)22(25)14-11-19-9-12-21(13-10-19)24-16-6-17-28(24,26)27/h3-5,7-14H,2,6,15-18H2,1H3/b14-11+. The van der Waals surface area contributed by atoms with E-state index in [0.717, 1.165) is 17.5 Å². The first kappa shape index (κ1) is 20.1.